The van der Waals surface area contributed by atoms with E-state index in [0.717, 1.165) is 29.6 Å². The molecule has 0 radical (unpaired) electrons. The molecule has 0 bridgehead atoms. The molecule has 1 aromatic carbocycles. The van der Waals surface area contributed by atoms with Gasteiger partial charge in [-0.15, -0.1) is 0 Å². The van der Waals surface area contributed by atoms with E-state index < -0.39 is 11.5 Å². The van der Waals surface area contributed by atoms with Gasteiger partial charge in [0.2, 0.25) is 0 Å². The lowest BCUT2D eigenvalue weighted by Crippen LogP contribution is -2.51. The molecular weight excluding hydrogens is 322 g/mol. The Morgan fingerprint density at radius 3 is 2.75 bits per heavy atom. The summed E-state index contributed by atoms with van der Waals surface area (Å²) in [5, 5.41) is 9.49. The lowest BCUT2D eigenvalue weighted by Gasteiger charge is -2.33. The maximum absolute atomic E-state index is 11.5. The lowest BCUT2D eigenvalue weighted by molar-refractivity contribution is -0.150. The van der Waals surface area contributed by atoms with Crippen LogP contribution in [-0.4, -0.2) is 41.2 Å². The Morgan fingerprint density at radius 1 is 1.45 bits per heavy atom. The summed E-state index contributed by atoms with van der Waals surface area (Å²) in [4.78, 5) is 13.6. The number of hydrogen-bond donors (Lipinski definition) is 1. The van der Waals surface area contributed by atoms with Gasteiger partial charge in [0.1, 0.15) is 17.9 Å². The van der Waals surface area contributed by atoms with Gasteiger partial charge < -0.3 is 9.84 Å². The Hall–Kier alpha value is -1.07. The summed E-state index contributed by atoms with van der Waals surface area (Å²) in [5.74, 6) is 0.103. The number of benzene rings is 1. The number of halogens is 1. The van der Waals surface area contributed by atoms with Gasteiger partial charge in [0.25, 0.3) is 0 Å². The molecule has 1 aliphatic heterocycles. The van der Waals surface area contributed by atoms with Gasteiger partial charge in [-0.2, -0.15) is 0 Å². The third kappa shape index (κ3) is 3.15. The maximum atomic E-state index is 11.5. The van der Waals surface area contributed by atoms with Crippen LogP contribution in [0.2, 0.25) is 0 Å². The molecule has 1 aliphatic rings. The first-order chi connectivity index (χ1) is 9.58. The molecule has 20 heavy (non-hydrogen) atoms. The number of ether oxygens (including phenoxy) is 1. The molecule has 1 heterocycles. The van der Waals surface area contributed by atoms with Crippen LogP contribution in [0.3, 0.4) is 0 Å². The fourth-order valence-electron chi connectivity index (χ4n) is 2.86. The zero-order valence-electron chi connectivity index (χ0n) is 11.6. The van der Waals surface area contributed by atoms with Crippen molar-refractivity contribution in [1.29, 1.82) is 0 Å². The second-order valence-electron chi connectivity index (χ2n) is 5.08. The zero-order chi connectivity index (χ0) is 14.6. The maximum Gasteiger partial charge on any atom is 0.324 e. The molecule has 5 heteroatoms. The second kappa shape index (κ2) is 6.59. The van der Waals surface area contributed by atoms with E-state index in [1.54, 1.807) is 0 Å². The van der Waals surface area contributed by atoms with Crippen LogP contribution in [0, 0.1) is 0 Å². The Morgan fingerprint density at radius 2 is 2.15 bits per heavy atom. The van der Waals surface area contributed by atoms with Gasteiger partial charge in [-0.05, 0) is 50.1 Å². The first kappa shape index (κ1) is 15.3. The van der Waals surface area contributed by atoms with Crippen LogP contribution in [0.5, 0.6) is 5.75 Å². The molecule has 0 aromatic heterocycles. The van der Waals surface area contributed by atoms with Crippen molar-refractivity contribution >= 4 is 21.9 Å². The summed E-state index contributed by atoms with van der Waals surface area (Å²) in [6.07, 6.45) is 2.32. The van der Waals surface area contributed by atoms with Crippen LogP contribution in [0.1, 0.15) is 26.2 Å². The molecule has 0 spiro atoms. The van der Waals surface area contributed by atoms with Crippen molar-refractivity contribution in [2.24, 2.45) is 0 Å². The van der Waals surface area contributed by atoms with Crippen molar-refractivity contribution in [2.45, 2.75) is 31.7 Å². The molecule has 1 unspecified atom stereocenters. The number of carboxylic acids is 1. The van der Waals surface area contributed by atoms with Gasteiger partial charge in [-0.25, -0.2) is 0 Å². The van der Waals surface area contributed by atoms with E-state index in [1.807, 2.05) is 36.1 Å². The molecule has 110 valence electrons. The molecule has 2 rings (SSSR count). The molecule has 1 atom stereocenters. The molecule has 1 N–H and O–H groups in total. The molecule has 0 amide bonds. The van der Waals surface area contributed by atoms with Crippen LogP contribution < -0.4 is 4.74 Å². The number of rotatable bonds is 6. The van der Waals surface area contributed by atoms with Crippen LogP contribution in [0.4, 0.5) is 0 Å². The summed E-state index contributed by atoms with van der Waals surface area (Å²) in [6.45, 7) is 3.94. The predicted octanol–water partition coefficient (Wildman–Crippen LogP) is 3.16. The molecule has 4 nitrogen and oxygen atoms in total. The molecule has 1 saturated heterocycles. The van der Waals surface area contributed by atoms with E-state index in [0.29, 0.717) is 19.6 Å². The van der Waals surface area contributed by atoms with Crippen molar-refractivity contribution in [3.05, 3.63) is 28.7 Å². The minimum absolute atomic E-state index is 0.511. The standard InChI is InChI=1S/C15H20BrNO3/c1-2-15(14(18)19)8-3-9-17(15)10-11-20-13-6-4-12(16)5-7-13/h4-7H,2-3,8-11H2,1H3,(H,18,19). The summed E-state index contributed by atoms with van der Waals surface area (Å²) in [6, 6.07) is 7.66. The summed E-state index contributed by atoms with van der Waals surface area (Å²) in [5.41, 5.74) is -0.691. The van der Waals surface area contributed by atoms with Gasteiger partial charge in [-0.3, -0.25) is 9.69 Å². The van der Waals surface area contributed by atoms with Crippen molar-refractivity contribution in [1.82, 2.24) is 4.90 Å². The van der Waals surface area contributed by atoms with E-state index in [-0.39, 0.29) is 0 Å². The van der Waals surface area contributed by atoms with Gasteiger partial charge in [0, 0.05) is 11.0 Å². The number of aliphatic carboxylic acids is 1. The molecule has 1 fully saturated rings. The third-order valence-corrected chi connectivity index (χ3v) is 4.58. The van der Waals surface area contributed by atoms with Crippen LogP contribution in [0.15, 0.2) is 28.7 Å². The molecular formula is C15H20BrNO3. The molecule has 0 aliphatic carbocycles. The number of likely N-dealkylation sites (tertiary alicyclic amines) is 1. The normalized spacial score (nSPS) is 22.9. The monoisotopic (exact) mass is 341 g/mol. The van der Waals surface area contributed by atoms with Gasteiger partial charge in [-0.1, -0.05) is 22.9 Å². The Kier molecular flexibility index (Phi) is 5.05. The predicted molar refractivity (Wildman–Crippen MR) is 81.1 cm³/mol. The summed E-state index contributed by atoms with van der Waals surface area (Å²) in [7, 11) is 0. The fraction of sp³-hybridized carbons (Fsp3) is 0.533. The number of nitrogens with zero attached hydrogens (tertiary/aromatic N) is 1. The Bertz CT molecular complexity index is 463. The first-order valence-corrected chi connectivity index (χ1v) is 7.74. The highest BCUT2D eigenvalue weighted by atomic mass is 79.9. The average Bonchev–Trinajstić information content (AvgIpc) is 2.85. The second-order valence-corrected chi connectivity index (χ2v) is 6.00. The van der Waals surface area contributed by atoms with Crippen molar-refractivity contribution in [3.63, 3.8) is 0 Å². The number of hydrogen-bond acceptors (Lipinski definition) is 3. The fourth-order valence-corrected chi connectivity index (χ4v) is 3.12. The quantitative estimate of drug-likeness (QED) is 0.863. The largest absolute Gasteiger partial charge is 0.492 e. The summed E-state index contributed by atoms with van der Waals surface area (Å²) < 4.78 is 6.70. The van der Waals surface area contributed by atoms with E-state index in [9.17, 15) is 9.90 Å². The van der Waals surface area contributed by atoms with Gasteiger partial charge in [0.05, 0.1) is 0 Å². The smallest absolute Gasteiger partial charge is 0.324 e. The topological polar surface area (TPSA) is 49.8 Å². The van der Waals surface area contributed by atoms with Crippen molar-refractivity contribution < 1.29 is 14.6 Å². The van der Waals surface area contributed by atoms with Gasteiger partial charge >= 0.3 is 5.97 Å². The van der Waals surface area contributed by atoms with Crippen LogP contribution in [-0.2, 0) is 4.79 Å². The number of carbonyl (C=O) groups is 1. The Labute approximate surface area is 127 Å². The highest BCUT2D eigenvalue weighted by molar-refractivity contribution is 9.10. The number of carboxylic acid groups (broad SMARTS) is 1. The minimum Gasteiger partial charge on any atom is -0.492 e. The minimum atomic E-state index is -0.707. The SMILES string of the molecule is CCC1(C(=O)O)CCCN1CCOc1ccc(Br)cc1. The molecule has 1 aromatic rings. The highest BCUT2D eigenvalue weighted by Gasteiger charge is 2.45. The molecule has 0 saturated carbocycles. The van der Waals surface area contributed by atoms with E-state index in [2.05, 4.69) is 15.9 Å². The third-order valence-electron chi connectivity index (χ3n) is 4.05. The van der Waals surface area contributed by atoms with Crippen LogP contribution >= 0.6 is 15.9 Å². The average molecular weight is 342 g/mol. The van der Waals surface area contributed by atoms with Crippen LogP contribution in [0.25, 0.3) is 0 Å². The van der Waals surface area contributed by atoms with E-state index in [4.69, 9.17) is 4.74 Å². The Balaban J connectivity index is 1.90. The first-order valence-electron chi connectivity index (χ1n) is 6.95. The summed E-state index contributed by atoms with van der Waals surface area (Å²) >= 11 is 3.38. The van der Waals surface area contributed by atoms with Crippen molar-refractivity contribution in [3.8, 4) is 5.75 Å². The van der Waals surface area contributed by atoms with Crippen molar-refractivity contribution in [2.75, 3.05) is 19.7 Å². The zero-order valence-corrected chi connectivity index (χ0v) is 13.2. The van der Waals surface area contributed by atoms with Gasteiger partial charge in [0.15, 0.2) is 0 Å². The van der Waals surface area contributed by atoms with E-state index in [1.165, 1.54) is 0 Å². The lowest BCUT2D eigenvalue weighted by atomic mass is 9.93. The highest BCUT2D eigenvalue weighted by Crippen LogP contribution is 2.32. The van der Waals surface area contributed by atoms with E-state index >= 15 is 0 Å².